The fourth-order valence-corrected chi connectivity index (χ4v) is 1.09. The summed E-state index contributed by atoms with van der Waals surface area (Å²) in [5.41, 5.74) is 0.308. The molecule has 0 radical (unpaired) electrons. The number of carbonyl (C=O) groups excluding carboxylic acids is 2. The van der Waals surface area contributed by atoms with E-state index in [1.54, 1.807) is 35.2 Å². The van der Waals surface area contributed by atoms with E-state index in [1.807, 2.05) is 0 Å². The van der Waals surface area contributed by atoms with E-state index in [0.29, 0.717) is 9.98 Å². The van der Waals surface area contributed by atoms with Crippen molar-refractivity contribution in [1.29, 1.82) is 0 Å². The molecule has 0 aliphatic rings. The third kappa shape index (κ3) is 2.37. The predicted molar refractivity (Wildman–Crippen MR) is 52.8 cm³/mol. The lowest BCUT2D eigenvalue weighted by molar-refractivity contribution is 0.0890. The van der Waals surface area contributed by atoms with Crippen molar-refractivity contribution in [3.8, 4) is 0 Å². The van der Waals surface area contributed by atoms with E-state index < -0.39 is 11.9 Å². The third-order valence-electron chi connectivity index (χ3n) is 1.46. The first-order valence-corrected chi connectivity index (χ1v) is 4.34. The van der Waals surface area contributed by atoms with E-state index in [2.05, 4.69) is 0 Å². The molecule has 1 rings (SSSR count). The molecule has 74 valence electrons. The van der Waals surface area contributed by atoms with Crippen LogP contribution < -0.4 is 4.84 Å². The van der Waals surface area contributed by atoms with E-state index >= 15 is 0 Å². The Bertz CT molecular complexity index is 342. The van der Waals surface area contributed by atoms with Gasteiger partial charge in [-0.25, -0.2) is 9.63 Å². The van der Waals surface area contributed by atoms with Crippen LogP contribution in [0, 0.1) is 0 Å². The molecule has 0 fully saturated rings. The van der Waals surface area contributed by atoms with E-state index in [9.17, 15) is 9.59 Å². The molecule has 4 nitrogen and oxygen atoms in total. The summed E-state index contributed by atoms with van der Waals surface area (Å²) < 4.78 is 0.377. The van der Waals surface area contributed by atoms with Gasteiger partial charge in [0, 0.05) is 29.1 Å². The molecule has 0 aliphatic heterocycles. The quantitative estimate of drug-likeness (QED) is 0.755. The van der Waals surface area contributed by atoms with Gasteiger partial charge in [0.2, 0.25) is 0 Å². The van der Waals surface area contributed by atoms with Crippen LogP contribution in [0.4, 0.5) is 4.79 Å². The Balaban J connectivity index is 2.81. The summed E-state index contributed by atoms with van der Waals surface area (Å²) in [5.74, 6) is -0.634. The number of urea groups is 1. The number of nitrogens with one attached hydrogen (secondary N) is 1. The molecule has 0 aliphatic carbocycles. The number of halogens is 2. The molecule has 0 spiro atoms. The fraction of sp³-hybridized carbons (Fsp3) is 0. The standard InChI is InChI=1S/C8H6Cl2N2O2/c9-11-8(14)12(10)7(13)6-4-2-1-3-5-6/h1-5H,(H,11,14). The Hall–Kier alpha value is -1.26. The van der Waals surface area contributed by atoms with Crippen LogP contribution in [0.3, 0.4) is 0 Å². The second-order valence-electron chi connectivity index (χ2n) is 2.35. The van der Waals surface area contributed by atoms with Gasteiger partial charge in [-0.3, -0.25) is 4.79 Å². The van der Waals surface area contributed by atoms with Crippen LogP contribution in [0.15, 0.2) is 30.3 Å². The second-order valence-corrected chi connectivity index (χ2v) is 2.88. The van der Waals surface area contributed by atoms with Crippen LogP contribution in [0.5, 0.6) is 0 Å². The molecule has 1 aromatic rings. The number of hydrogen-bond acceptors (Lipinski definition) is 2. The fourth-order valence-electron chi connectivity index (χ4n) is 0.823. The molecule has 0 saturated carbocycles. The molecule has 0 heterocycles. The van der Waals surface area contributed by atoms with Crippen LogP contribution in [0.1, 0.15) is 10.4 Å². The number of benzene rings is 1. The van der Waals surface area contributed by atoms with Gasteiger partial charge in [0.15, 0.2) is 0 Å². The summed E-state index contributed by atoms with van der Waals surface area (Å²) >= 11 is 10.4. The van der Waals surface area contributed by atoms with Crippen LogP contribution in [-0.2, 0) is 0 Å². The smallest absolute Gasteiger partial charge is 0.267 e. The number of nitrogens with zero attached hydrogens (tertiary/aromatic N) is 1. The minimum absolute atomic E-state index is 0.308. The van der Waals surface area contributed by atoms with Crippen molar-refractivity contribution in [2.24, 2.45) is 0 Å². The maximum Gasteiger partial charge on any atom is 0.353 e. The predicted octanol–water partition coefficient (Wildman–Crippen LogP) is 2.15. The summed E-state index contributed by atoms with van der Waals surface area (Å²) in [7, 11) is 0. The Kier molecular flexibility index (Phi) is 3.73. The van der Waals surface area contributed by atoms with E-state index in [-0.39, 0.29) is 0 Å². The Labute approximate surface area is 90.6 Å². The van der Waals surface area contributed by atoms with Gasteiger partial charge in [0.25, 0.3) is 5.91 Å². The van der Waals surface area contributed by atoms with Crippen molar-refractivity contribution in [3.05, 3.63) is 35.9 Å². The molecular formula is C8H6Cl2N2O2. The number of imide groups is 1. The molecule has 0 saturated heterocycles. The lowest BCUT2D eigenvalue weighted by Crippen LogP contribution is -2.33. The zero-order valence-electron chi connectivity index (χ0n) is 6.91. The van der Waals surface area contributed by atoms with Crippen LogP contribution >= 0.6 is 23.6 Å². The lowest BCUT2D eigenvalue weighted by atomic mass is 10.2. The minimum Gasteiger partial charge on any atom is -0.267 e. The topological polar surface area (TPSA) is 49.4 Å². The van der Waals surface area contributed by atoms with Gasteiger partial charge >= 0.3 is 6.03 Å². The van der Waals surface area contributed by atoms with Crippen LogP contribution in [0.2, 0.25) is 0 Å². The number of rotatable bonds is 1. The molecule has 1 N–H and O–H groups in total. The van der Waals surface area contributed by atoms with E-state index in [0.717, 1.165) is 0 Å². The number of hydrogen-bond donors (Lipinski definition) is 1. The Morgan fingerprint density at radius 1 is 1.21 bits per heavy atom. The van der Waals surface area contributed by atoms with Gasteiger partial charge in [-0.2, -0.15) is 4.42 Å². The van der Waals surface area contributed by atoms with E-state index in [1.165, 1.54) is 0 Å². The Morgan fingerprint density at radius 3 is 2.29 bits per heavy atom. The number of amides is 3. The molecule has 14 heavy (non-hydrogen) atoms. The SMILES string of the molecule is O=C(NCl)N(Cl)C(=O)c1ccccc1. The average Bonchev–Trinajstić information content (AvgIpc) is 2.27. The highest BCUT2D eigenvalue weighted by Crippen LogP contribution is 2.07. The second kappa shape index (κ2) is 4.83. The van der Waals surface area contributed by atoms with Gasteiger partial charge in [-0.15, -0.1) is 0 Å². The first kappa shape index (κ1) is 10.8. The zero-order chi connectivity index (χ0) is 10.6. The van der Waals surface area contributed by atoms with Gasteiger partial charge in [-0.1, -0.05) is 18.2 Å². The first-order valence-electron chi connectivity index (χ1n) is 3.62. The third-order valence-corrected chi connectivity index (χ3v) is 1.93. The highest BCUT2D eigenvalue weighted by Gasteiger charge is 2.19. The van der Waals surface area contributed by atoms with Crippen LogP contribution in [0.25, 0.3) is 0 Å². The van der Waals surface area contributed by atoms with Crippen LogP contribution in [-0.4, -0.2) is 16.4 Å². The minimum atomic E-state index is -0.887. The number of carbonyl (C=O) groups is 2. The maximum atomic E-state index is 11.4. The van der Waals surface area contributed by atoms with Crippen molar-refractivity contribution in [3.63, 3.8) is 0 Å². The molecule has 0 bridgehead atoms. The average molecular weight is 233 g/mol. The molecule has 1 aromatic carbocycles. The lowest BCUT2D eigenvalue weighted by Gasteiger charge is -2.09. The molecule has 6 heteroatoms. The van der Waals surface area contributed by atoms with Crippen molar-refractivity contribution < 1.29 is 9.59 Å². The van der Waals surface area contributed by atoms with Crippen molar-refractivity contribution in [2.75, 3.05) is 0 Å². The van der Waals surface area contributed by atoms with Crippen molar-refractivity contribution in [1.82, 2.24) is 9.25 Å². The highest BCUT2D eigenvalue weighted by molar-refractivity contribution is 6.35. The first-order chi connectivity index (χ1) is 6.66. The maximum absolute atomic E-state index is 11.4. The van der Waals surface area contributed by atoms with Gasteiger partial charge < -0.3 is 0 Å². The molecule has 0 unspecified atom stereocenters. The van der Waals surface area contributed by atoms with Gasteiger partial charge in [-0.05, 0) is 12.1 Å². The largest absolute Gasteiger partial charge is 0.353 e. The normalized spacial score (nSPS) is 9.29. The van der Waals surface area contributed by atoms with Crippen molar-refractivity contribution >= 4 is 35.5 Å². The van der Waals surface area contributed by atoms with Crippen molar-refractivity contribution in [2.45, 2.75) is 0 Å². The summed E-state index contributed by atoms with van der Waals surface area (Å²) in [4.78, 5) is 24.0. The zero-order valence-corrected chi connectivity index (χ0v) is 8.42. The molecule has 3 amide bonds. The summed E-state index contributed by atoms with van der Waals surface area (Å²) in [5, 5.41) is 0. The van der Waals surface area contributed by atoms with Gasteiger partial charge in [0.1, 0.15) is 0 Å². The molecular weight excluding hydrogens is 227 g/mol. The van der Waals surface area contributed by atoms with E-state index in [4.69, 9.17) is 23.6 Å². The summed E-state index contributed by atoms with van der Waals surface area (Å²) in [6.45, 7) is 0. The monoisotopic (exact) mass is 232 g/mol. The highest BCUT2D eigenvalue weighted by atomic mass is 35.5. The summed E-state index contributed by atoms with van der Waals surface area (Å²) in [6, 6.07) is 7.27. The van der Waals surface area contributed by atoms with Gasteiger partial charge in [0.05, 0.1) is 0 Å². The Morgan fingerprint density at radius 2 is 1.79 bits per heavy atom. The molecule has 0 aromatic heterocycles. The molecule has 0 atom stereocenters. The summed E-state index contributed by atoms with van der Waals surface area (Å²) in [6.07, 6.45) is 0.